The molecule has 7 rings (SSSR count). The molecule has 0 amide bonds. The Bertz CT molecular complexity index is 2050. The Morgan fingerprint density at radius 2 is 1.51 bits per heavy atom. The van der Waals surface area contributed by atoms with Crippen LogP contribution < -0.4 is 14.8 Å². The zero-order valence-electron chi connectivity index (χ0n) is 21.8. The fraction of sp³-hybridized carbons (Fsp3) is 0.121. The van der Waals surface area contributed by atoms with Crippen LogP contribution in [-0.4, -0.2) is 24.2 Å². The summed E-state index contributed by atoms with van der Waals surface area (Å²) in [5, 5.41) is 11.5. The molecular formula is C33H26BrN3O2. The lowest BCUT2D eigenvalue weighted by atomic mass is 9.94. The van der Waals surface area contributed by atoms with Gasteiger partial charge in [0.15, 0.2) is 0 Å². The van der Waals surface area contributed by atoms with E-state index >= 15 is 0 Å². The highest BCUT2D eigenvalue weighted by Crippen LogP contribution is 2.48. The Kier molecular flexibility index (Phi) is 5.60. The lowest BCUT2D eigenvalue weighted by Gasteiger charge is -2.19. The van der Waals surface area contributed by atoms with E-state index in [0.717, 1.165) is 76.0 Å². The second kappa shape index (κ2) is 9.17. The van der Waals surface area contributed by atoms with Crippen LogP contribution in [0, 0.1) is 0 Å². The number of para-hydroxylation sites is 1. The van der Waals surface area contributed by atoms with Crippen molar-refractivity contribution >= 4 is 76.0 Å². The molecule has 39 heavy (non-hydrogen) atoms. The minimum Gasteiger partial charge on any atom is -0.497 e. The van der Waals surface area contributed by atoms with Crippen molar-refractivity contribution in [1.82, 2.24) is 9.97 Å². The van der Waals surface area contributed by atoms with Crippen molar-refractivity contribution in [2.45, 2.75) is 13.0 Å². The Morgan fingerprint density at radius 1 is 0.769 bits per heavy atom. The van der Waals surface area contributed by atoms with E-state index in [-0.39, 0.29) is 6.04 Å². The number of nitrogens with zero attached hydrogens (tertiary/aromatic N) is 1. The van der Waals surface area contributed by atoms with Gasteiger partial charge in [0.25, 0.3) is 0 Å². The number of nitrogens with one attached hydrogen (secondary N) is 2. The second-order valence-electron chi connectivity index (χ2n) is 9.80. The highest BCUT2D eigenvalue weighted by atomic mass is 79.9. The van der Waals surface area contributed by atoms with E-state index in [9.17, 15) is 0 Å². The van der Waals surface area contributed by atoms with Crippen molar-refractivity contribution in [3.8, 4) is 11.5 Å². The first kappa shape index (κ1) is 23.8. The monoisotopic (exact) mass is 575 g/mol. The minimum atomic E-state index is 0.0822. The highest BCUT2D eigenvalue weighted by Gasteiger charge is 2.22. The first-order chi connectivity index (χ1) is 19.1. The molecule has 0 saturated heterocycles. The quantitative estimate of drug-likeness (QED) is 0.201. The molecule has 1 atom stereocenters. The predicted molar refractivity (Wildman–Crippen MR) is 165 cm³/mol. The fourth-order valence-corrected chi connectivity index (χ4v) is 6.46. The molecule has 0 fully saturated rings. The number of aromatic nitrogens is 2. The third-order valence-corrected chi connectivity index (χ3v) is 8.40. The Labute approximate surface area is 233 Å². The molecule has 2 N–H and O–H groups in total. The van der Waals surface area contributed by atoms with E-state index in [1.807, 2.05) is 24.3 Å². The third-order valence-electron chi connectivity index (χ3n) is 7.64. The molecule has 5 nitrogen and oxygen atoms in total. The normalized spacial score (nSPS) is 12.5. The van der Waals surface area contributed by atoms with E-state index in [1.54, 1.807) is 14.2 Å². The van der Waals surface area contributed by atoms with Crippen LogP contribution in [0.5, 0.6) is 11.5 Å². The second-order valence-corrected chi connectivity index (χ2v) is 10.6. The zero-order valence-corrected chi connectivity index (χ0v) is 23.4. The maximum absolute atomic E-state index is 6.00. The average molecular weight is 576 g/mol. The number of halogens is 1. The number of benzene rings is 5. The molecular weight excluding hydrogens is 550 g/mol. The number of ether oxygens (including phenoxy) is 2. The highest BCUT2D eigenvalue weighted by molar-refractivity contribution is 9.10. The third kappa shape index (κ3) is 3.62. The molecule has 0 spiro atoms. The van der Waals surface area contributed by atoms with Gasteiger partial charge in [-0.05, 0) is 58.7 Å². The van der Waals surface area contributed by atoms with Crippen LogP contribution in [0.4, 0.5) is 5.82 Å². The van der Waals surface area contributed by atoms with Gasteiger partial charge in [0.2, 0.25) is 0 Å². The summed E-state index contributed by atoms with van der Waals surface area (Å²) in [5.41, 5.74) is 4.14. The van der Waals surface area contributed by atoms with E-state index in [0.29, 0.717) is 0 Å². The molecule has 6 heteroatoms. The molecule has 2 aromatic heterocycles. The molecule has 0 aliphatic carbocycles. The summed E-state index contributed by atoms with van der Waals surface area (Å²) in [6.07, 6.45) is 0. The summed E-state index contributed by atoms with van der Waals surface area (Å²) in [7, 11) is 3.41. The van der Waals surface area contributed by atoms with Crippen molar-refractivity contribution in [3.63, 3.8) is 0 Å². The first-order valence-electron chi connectivity index (χ1n) is 12.9. The molecule has 7 aromatic rings. The number of H-pyrrole nitrogens is 1. The number of aromatic amines is 1. The van der Waals surface area contributed by atoms with Gasteiger partial charge in [0, 0.05) is 49.8 Å². The van der Waals surface area contributed by atoms with Crippen LogP contribution in [-0.2, 0) is 0 Å². The van der Waals surface area contributed by atoms with E-state index in [4.69, 9.17) is 14.5 Å². The van der Waals surface area contributed by atoms with Crippen LogP contribution in [0.25, 0.3) is 54.3 Å². The molecule has 2 heterocycles. The summed E-state index contributed by atoms with van der Waals surface area (Å²) in [6, 6.07) is 29.4. The van der Waals surface area contributed by atoms with Crippen LogP contribution >= 0.6 is 15.9 Å². The Balaban J connectivity index is 1.65. The predicted octanol–water partition coefficient (Wildman–Crippen LogP) is 9.13. The Hall–Kier alpha value is -4.29. The minimum absolute atomic E-state index is 0.0822. The molecule has 0 unspecified atom stereocenters. The number of anilines is 1. The van der Waals surface area contributed by atoms with Gasteiger partial charge in [-0.1, -0.05) is 48.5 Å². The van der Waals surface area contributed by atoms with Gasteiger partial charge in [-0.25, -0.2) is 4.98 Å². The molecule has 0 aliphatic heterocycles. The first-order valence-corrected chi connectivity index (χ1v) is 13.7. The van der Waals surface area contributed by atoms with Crippen LogP contribution in [0.3, 0.4) is 0 Å². The van der Waals surface area contributed by atoms with Gasteiger partial charge in [-0.2, -0.15) is 0 Å². The summed E-state index contributed by atoms with van der Waals surface area (Å²) in [4.78, 5) is 8.74. The number of pyridine rings is 1. The molecule has 5 aromatic carbocycles. The van der Waals surface area contributed by atoms with E-state index in [2.05, 4.69) is 93.8 Å². The SMILES string of the molecule is COc1ccc2c(c1)[nH]c1c(Br)c(OC)c3ccc4c(N[C@@H](C)c5ccccc5)nc5ccccc5c4c3c12. The molecule has 192 valence electrons. The van der Waals surface area contributed by atoms with Crippen molar-refractivity contribution in [3.05, 3.63) is 95.0 Å². The fourth-order valence-electron chi connectivity index (χ4n) is 5.79. The molecule has 0 bridgehead atoms. The molecule has 0 radical (unpaired) electrons. The topological polar surface area (TPSA) is 59.2 Å². The number of rotatable bonds is 5. The summed E-state index contributed by atoms with van der Waals surface area (Å²) < 4.78 is 12.4. The van der Waals surface area contributed by atoms with Crippen molar-refractivity contribution < 1.29 is 9.47 Å². The van der Waals surface area contributed by atoms with Crippen molar-refractivity contribution in [2.24, 2.45) is 0 Å². The number of fused-ring (bicyclic) bond motifs is 9. The number of methoxy groups -OCH3 is 2. The van der Waals surface area contributed by atoms with Crippen LogP contribution in [0.1, 0.15) is 18.5 Å². The van der Waals surface area contributed by atoms with Gasteiger partial charge < -0.3 is 19.8 Å². The zero-order chi connectivity index (χ0) is 26.7. The molecule has 0 saturated carbocycles. The lowest BCUT2D eigenvalue weighted by molar-refractivity contribution is 0.415. The van der Waals surface area contributed by atoms with Gasteiger partial charge in [-0.15, -0.1) is 0 Å². The summed E-state index contributed by atoms with van der Waals surface area (Å²) in [5.74, 6) is 2.46. The van der Waals surface area contributed by atoms with Crippen LogP contribution in [0.15, 0.2) is 89.4 Å². The maximum atomic E-state index is 6.00. The van der Waals surface area contributed by atoms with Gasteiger partial charge in [-0.3, -0.25) is 0 Å². The smallest absolute Gasteiger partial charge is 0.143 e. The summed E-state index contributed by atoms with van der Waals surface area (Å²) >= 11 is 3.85. The van der Waals surface area contributed by atoms with Crippen molar-refractivity contribution in [1.29, 1.82) is 0 Å². The maximum Gasteiger partial charge on any atom is 0.143 e. The van der Waals surface area contributed by atoms with E-state index < -0.39 is 0 Å². The summed E-state index contributed by atoms with van der Waals surface area (Å²) in [6.45, 7) is 2.17. The lowest BCUT2D eigenvalue weighted by Crippen LogP contribution is -2.08. The van der Waals surface area contributed by atoms with Gasteiger partial charge >= 0.3 is 0 Å². The largest absolute Gasteiger partial charge is 0.497 e. The van der Waals surface area contributed by atoms with Crippen molar-refractivity contribution in [2.75, 3.05) is 19.5 Å². The standard InChI is InChI=1S/C33H26BrN3O2/c1-18(19-9-5-4-6-10-19)35-33-24-16-15-23-28(27(24)21-11-7-8-12-25(21)37-33)29-22-14-13-20(38-2)17-26(22)36-31(29)30(34)32(23)39-3/h4-18,36H,1-3H3,(H,35,37)/t18-/m0/s1. The number of hydrogen-bond acceptors (Lipinski definition) is 4. The Morgan fingerprint density at radius 3 is 2.31 bits per heavy atom. The van der Waals surface area contributed by atoms with E-state index in [1.165, 1.54) is 5.56 Å². The van der Waals surface area contributed by atoms with Gasteiger partial charge in [0.05, 0.1) is 35.2 Å². The molecule has 0 aliphatic rings. The average Bonchev–Trinajstić information content (AvgIpc) is 3.36. The van der Waals surface area contributed by atoms with Crippen LogP contribution in [0.2, 0.25) is 0 Å². The number of hydrogen-bond donors (Lipinski definition) is 2. The van der Waals surface area contributed by atoms with Gasteiger partial charge in [0.1, 0.15) is 17.3 Å².